The predicted octanol–water partition coefficient (Wildman–Crippen LogP) is 3.71. The van der Waals surface area contributed by atoms with Crippen molar-refractivity contribution >= 4 is 11.8 Å². The minimum atomic E-state index is -0.241. The Morgan fingerprint density at radius 2 is 1.74 bits per heavy atom. The van der Waals surface area contributed by atoms with Crippen molar-refractivity contribution in [2.24, 2.45) is 0 Å². The second kappa shape index (κ2) is 11.1. The molecule has 0 aliphatic carbocycles. The summed E-state index contributed by atoms with van der Waals surface area (Å²) in [6.45, 7) is 6.12. The molecule has 27 heavy (non-hydrogen) atoms. The van der Waals surface area contributed by atoms with Crippen molar-refractivity contribution in [2.75, 3.05) is 19.6 Å². The highest BCUT2D eigenvalue weighted by atomic mass is 16.2. The Hall–Kier alpha value is -2.69. The molecule has 2 amide bonds. The third kappa shape index (κ3) is 6.51. The van der Waals surface area contributed by atoms with Crippen molar-refractivity contribution < 1.29 is 9.59 Å². The van der Waals surface area contributed by atoms with Gasteiger partial charge in [0.15, 0.2) is 0 Å². The maximum absolute atomic E-state index is 12.7. The number of amides is 2. The van der Waals surface area contributed by atoms with Gasteiger partial charge in [-0.2, -0.15) is 0 Å². The third-order valence-corrected chi connectivity index (χ3v) is 4.28. The summed E-state index contributed by atoms with van der Waals surface area (Å²) in [5, 5.41) is 2.89. The van der Waals surface area contributed by atoms with E-state index in [2.05, 4.69) is 36.3 Å². The number of pyridine rings is 1. The van der Waals surface area contributed by atoms with E-state index in [4.69, 9.17) is 0 Å². The largest absolute Gasteiger partial charge is 0.351 e. The molecule has 0 bridgehead atoms. The first-order valence-electron chi connectivity index (χ1n) is 9.73. The molecule has 0 spiro atoms. The van der Waals surface area contributed by atoms with E-state index in [1.54, 1.807) is 12.1 Å². The third-order valence-electron chi connectivity index (χ3n) is 4.28. The molecule has 1 aromatic heterocycles. The van der Waals surface area contributed by atoms with Gasteiger partial charge in [0.1, 0.15) is 5.69 Å². The molecule has 0 saturated carbocycles. The molecule has 1 aromatic carbocycles. The average Bonchev–Trinajstić information content (AvgIpc) is 2.71. The number of aryl methyl sites for hydroxylation is 1. The number of rotatable bonds is 10. The number of nitrogens with zero attached hydrogens (tertiary/aromatic N) is 2. The zero-order chi connectivity index (χ0) is 19.5. The lowest BCUT2D eigenvalue weighted by atomic mass is 10.1. The minimum Gasteiger partial charge on any atom is -0.351 e. The number of benzene rings is 1. The van der Waals surface area contributed by atoms with Crippen LogP contribution < -0.4 is 5.32 Å². The lowest BCUT2D eigenvalue weighted by Gasteiger charge is -2.21. The minimum absolute atomic E-state index is 0.0424. The van der Waals surface area contributed by atoms with Crippen LogP contribution in [0.1, 0.15) is 59.5 Å². The highest BCUT2D eigenvalue weighted by Gasteiger charge is 2.16. The van der Waals surface area contributed by atoms with Crippen LogP contribution in [0.3, 0.4) is 0 Å². The summed E-state index contributed by atoms with van der Waals surface area (Å²) >= 11 is 0. The normalized spacial score (nSPS) is 10.4. The molecular formula is C22H29N3O2. The molecule has 0 aliphatic heterocycles. The van der Waals surface area contributed by atoms with E-state index in [-0.39, 0.29) is 17.5 Å². The van der Waals surface area contributed by atoms with E-state index in [0.29, 0.717) is 12.1 Å². The fraction of sp³-hybridized carbons (Fsp3) is 0.409. The van der Waals surface area contributed by atoms with Crippen molar-refractivity contribution in [3.05, 3.63) is 65.5 Å². The summed E-state index contributed by atoms with van der Waals surface area (Å²) in [5.74, 6) is -0.283. The molecule has 0 radical (unpaired) electrons. The van der Waals surface area contributed by atoms with Crippen molar-refractivity contribution in [2.45, 2.75) is 39.5 Å². The van der Waals surface area contributed by atoms with Gasteiger partial charge in [0.05, 0.1) is 0 Å². The average molecular weight is 367 g/mol. The van der Waals surface area contributed by atoms with Crippen LogP contribution in [0.5, 0.6) is 0 Å². The highest BCUT2D eigenvalue weighted by Crippen LogP contribution is 2.08. The van der Waals surface area contributed by atoms with Gasteiger partial charge in [-0.3, -0.25) is 14.6 Å². The molecular weight excluding hydrogens is 338 g/mol. The molecule has 0 fully saturated rings. The molecule has 5 nitrogen and oxygen atoms in total. The van der Waals surface area contributed by atoms with Crippen LogP contribution in [-0.2, 0) is 6.42 Å². The zero-order valence-electron chi connectivity index (χ0n) is 16.3. The monoisotopic (exact) mass is 367 g/mol. The van der Waals surface area contributed by atoms with Gasteiger partial charge in [-0.15, -0.1) is 0 Å². The Labute approximate surface area is 161 Å². The Morgan fingerprint density at radius 1 is 1.04 bits per heavy atom. The molecule has 2 rings (SSSR count). The Balaban J connectivity index is 1.91. The molecule has 0 saturated heterocycles. The van der Waals surface area contributed by atoms with Crippen LogP contribution in [0.4, 0.5) is 0 Å². The van der Waals surface area contributed by atoms with E-state index < -0.39 is 0 Å². The summed E-state index contributed by atoms with van der Waals surface area (Å²) in [7, 11) is 0. The Kier molecular flexibility index (Phi) is 8.49. The molecule has 2 aromatic rings. The van der Waals surface area contributed by atoms with Gasteiger partial charge in [0, 0.05) is 31.4 Å². The summed E-state index contributed by atoms with van der Waals surface area (Å²) in [4.78, 5) is 31.0. The van der Waals surface area contributed by atoms with Gasteiger partial charge in [0.2, 0.25) is 0 Å². The highest BCUT2D eigenvalue weighted by molar-refractivity contribution is 5.98. The number of hydrogen-bond acceptors (Lipinski definition) is 3. The van der Waals surface area contributed by atoms with Crippen molar-refractivity contribution in [1.82, 2.24) is 15.2 Å². The molecule has 1 heterocycles. The summed E-state index contributed by atoms with van der Waals surface area (Å²) in [6, 6.07) is 13.4. The first-order chi connectivity index (χ1) is 13.2. The molecule has 0 aliphatic rings. The fourth-order valence-corrected chi connectivity index (χ4v) is 2.95. The lowest BCUT2D eigenvalue weighted by molar-refractivity contribution is 0.0755. The van der Waals surface area contributed by atoms with E-state index in [1.165, 1.54) is 11.8 Å². The first kappa shape index (κ1) is 20.6. The van der Waals surface area contributed by atoms with Crippen LogP contribution in [0.2, 0.25) is 0 Å². The van der Waals surface area contributed by atoms with Crippen LogP contribution in [0.25, 0.3) is 0 Å². The van der Waals surface area contributed by atoms with Gasteiger partial charge >= 0.3 is 0 Å². The van der Waals surface area contributed by atoms with Gasteiger partial charge in [-0.25, -0.2) is 0 Å². The van der Waals surface area contributed by atoms with Gasteiger partial charge in [-0.1, -0.05) is 44.2 Å². The smallest absolute Gasteiger partial charge is 0.269 e. The number of carbonyl (C=O) groups excluding carboxylic acids is 2. The Bertz CT molecular complexity index is 725. The standard InChI is InChI=1S/C22H29N3O2/c1-3-15-25(16-4-2)22(27)19-12-14-23-20(17-19)21(26)24-13-8-11-18-9-6-5-7-10-18/h5-7,9-10,12,14,17H,3-4,8,11,13,15-16H2,1-2H3,(H,24,26). The summed E-state index contributed by atoms with van der Waals surface area (Å²) in [5.41, 5.74) is 2.05. The SMILES string of the molecule is CCCN(CCC)C(=O)c1ccnc(C(=O)NCCCc2ccccc2)c1. The van der Waals surface area contributed by atoms with Crippen molar-refractivity contribution in [3.8, 4) is 0 Å². The molecule has 5 heteroatoms. The second-order valence-corrected chi connectivity index (χ2v) is 6.57. The van der Waals surface area contributed by atoms with E-state index >= 15 is 0 Å². The van der Waals surface area contributed by atoms with Crippen LogP contribution in [0, 0.1) is 0 Å². The van der Waals surface area contributed by atoms with E-state index in [1.807, 2.05) is 23.1 Å². The number of hydrogen-bond donors (Lipinski definition) is 1. The maximum Gasteiger partial charge on any atom is 0.269 e. The van der Waals surface area contributed by atoms with Gasteiger partial charge in [0.25, 0.3) is 11.8 Å². The topological polar surface area (TPSA) is 62.3 Å². The number of nitrogens with one attached hydrogen (secondary N) is 1. The first-order valence-corrected chi connectivity index (χ1v) is 9.73. The zero-order valence-corrected chi connectivity index (χ0v) is 16.3. The lowest BCUT2D eigenvalue weighted by Crippen LogP contribution is -2.33. The maximum atomic E-state index is 12.7. The van der Waals surface area contributed by atoms with Gasteiger partial charge < -0.3 is 10.2 Å². The number of aromatic nitrogens is 1. The van der Waals surface area contributed by atoms with Crippen LogP contribution in [-0.4, -0.2) is 41.3 Å². The Morgan fingerprint density at radius 3 is 2.41 bits per heavy atom. The molecule has 0 unspecified atom stereocenters. The second-order valence-electron chi connectivity index (χ2n) is 6.57. The van der Waals surface area contributed by atoms with Crippen LogP contribution >= 0.6 is 0 Å². The quantitative estimate of drug-likeness (QED) is 0.651. The number of carbonyl (C=O) groups is 2. The molecule has 0 atom stereocenters. The fourth-order valence-electron chi connectivity index (χ4n) is 2.95. The van der Waals surface area contributed by atoms with E-state index in [9.17, 15) is 9.59 Å². The summed E-state index contributed by atoms with van der Waals surface area (Å²) in [6.07, 6.45) is 5.12. The van der Waals surface area contributed by atoms with Gasteiger partial charge in [-0.05, 0) is 43.4 Å². The van der Waals surface area contributed by atoms with E-state index in [0.717, 1.165) is 38.8 Å². The molecule has 1 N–H and O–H groups in total. The van der Waals surface area contributed by atoms with Crippen molar-refractivity contribution in [1.29, 1.82) is 0 Å². The van der Waals surface area contributed by atoms with Crippen molar-refractivity contribution in [3.63, 3.8) is 0 Å². The predicted molar refractivity (Wildman–Crippen MR) is 108 cm³/mol. The van der Waals surface area contributed by atoms with Crippen LogP contribution in [0.15, 0.2) is 48.7 Å². The summed E-state index contributed by atoms with van der Waals surface area (Å²) < 4.78 is 0. The molecule has 144 valence electrons.